The van der Waals surface area contributed by atoms with Crippen molar-refractivity contribution in [2.45, 2.75) is 25.4 Å². The lowest BCUT2D eigenvalue weighted by Gasteiger charge is -2.06. The first-order chi connectivity index (χ1) is 14.5. The van der Waals surface area contributed by atoms with Crippen LogP contribution >= 0.6 is 11.8 Å². The summed E-state index contributed by atoms with van der Waals surface area (Å²) in [4.78, 5) is 12.3. The van der Waals surface area contributed by atoms with Gasteiger partial charge in [-0.1, -0.05) is 49.0 Å². The second-order valence-corrected chi connectivity index (χ2v) is 7.76. The highest BCUT2D eigenvalue weighted by Crippen LogP contribution is 2.22. The summed E-state index contributed by atoms with van der Waals surface area (Å²) in [6.07, 6.45) is 0.982. The van der Waals surface area contributed by atoms with Crippen molar-refractivity contribution in [1.82, 2.24) is 19.8 Å². The molecule has 0 fully saturated rings. The van der Waals surface area contributed by atoms with Gasteiger partial charge in [-0.3, -0.25) is 4.79 Å². The highest BCUT2D eigenvalue weighted by atomic mass is 32.2. The maximum atomic E-state index is 13.6. The number of rotatable bonds is 6. The summed E-state index contributed by atoms with van der Waals surface area (Å²) in [7, 11) is 0. The standard InChI is InChI=1S/C22H20FN5OS/c1-3-15-5-7-16(8-6-15)19-10-11-20-25-26-22(28(20)27-19)30-13-21(29)24-17-9-4-14(2)18(23)12-17/h4-12H,3,13H2,1-2H3,(H,24,29). The second-order valence-electron chi connectivity index (χ2n) is 6.82. The number of amides is 1. The predicted octanol–water partition coefficient (Wildman–Crippen LogP) is 4.53. The van der Waals surface area contributed by atoms with E-state index in [-0.39, 0.29) is 17.5 Å². The highest BCUT2D eigenvalue weighted by molar-refractivity contribution is 7.99. The maximum absolute atomic E-state index is 13.6. The van der Waals surface area contributed by atoms with Gasteiger partial charge in [-0.05, 0) is 48.7 Å². The molecule has 0 aliphatic rings. The number of anilines is 1. The van der Waals surface area contributed by atoms with Crippen molar-refractivity contribution in [3.8, 4) is 11.3 Å². The van der Waals surface area contributed by atoms with E-state index < -0.39 is 0 Å². The molecule has 0 atom stereocenters. The summed E-state index contributed by atoms with van der Waals surface area (Å²) in [6.45, 7) is 3.79. The normalized spacial score (nSPS) is 11.0. The lowest BCUT2D eigenvalue weighted by molar-refractivity contribution is -0.113. The largest absolute Gasteiger partial charge is 0.325 e. The molecule has 0 saturated carbocycles. The van der Waals surface area contributed by atoms with Gasteiger partial charge in [0.2, 0.25) is 11.1 Å². The van der Waals surface area contributed by atoms with E-state index in [4.69, 9.17) is 0 Å². The van der Waals surface area contributed by atoms with Gasteiger partial charge in [0, 0.05) is 11.3 Å². The zero-order chi connectivity index (χ0) is 21.1. The number of fused-ring (bicyclic) bond motifs is 1. The number of carbonyl (C=O) groups is 1. The van der Waals surface area contributed by atoms with Gasteiger partial charge in [-0.25, -0.2) is 4.39 Å². The molecular formula is C22H20FN5OS. The molecule has 152 valence electrons. The van der Waals surface area contributed by atoms with Crippen molar-refractivity contribution in [2.24, 2.45) is 0 Å². The molecule has 2 heterocycles. The zero-order valence-electron chi connectivity index (χ0n) is 16.6. The van der Waals surface area contributed by atoms with Gasteiger partial charge in [0.25, 0.3) is 0 Å². The molecule has 4 rings (SSSR count). The number of thioether (sulfide) groups is 1. The average molecular weight is 422 g/mol. The number of carbonyl (C=O) groups excluding carboxylic acids is 1. The molecule has 0 radical (unpaired) electrons. The molecular weight excluding hydrogens is 401 g/mol. The van der Waals surface area contributed by atoms with Crippen molar-refractivity contribution >= 4 is 29.0 Å². The molecule has 2 aromatic carbocycles. The topological polar surface area (TPSA) is 72.2 Å². The van der Waals surface area contributed by atoms with Crippen molar-refractivity contribution in [1.29, 1.82) is 0 Å². The van der Waals surface area contributed by atoms with Crippen LogP contribution in [0.2, 0.25) is 0 Å². The summed E-state index contributed by atoms with van der Waals surface area (Å²) >= 11 is 1.22. The Bertz CT molecular complexity index is 1210. The van der Waals surface area contributed by atoms with Gasteiger partial charge < -0.3 is 5.32 Å². The summed E-state index contributed by atoms with van der Waals surface area (Å²) in [5.74, 6) is -0.508. The SMILES string of the molecule is CCc1ccc(-c2ccc3nnc(SCC(=O)Nc4ccc(C)c(F)c4)n3n2)cc1. The molecule has 1 amide bonds. The third-order valence-corrected chi connectivity index (χ3v) is 5.60. The molecule has 6 nitrogen and oxygen atoms in total. The first-order valence-corrected chi connectivity index (χ1v) is 10.5. The van der Waals surface area contributed by atoms with E-state index in [9.17, 15) is 9.18 Å². The fourth-order valence-corrected chi connectivity index (χ4v) is 3.61. The number of hydrogen-bond donors (Lipinski definition) is 1. The van der Waals surface area contributed by atoms with E-state index in [1.165, 1.54) is 23.4 Å². The molecule has 1 N–H and O–H groups in total. The van der Waals surface area contributed by atoms with Crippen molar-refractivity contribution in [2.75, 3.05) is 11.1 Å². The minimum absolute atomic E-state index is 0.105. The smallest absolute Gasteiger partial charge is 0.234 e. The molecule has 2 aromatic heterocycles. The molecule has 0 spiro atoms. The molecule has 0 unspecified atom stereocenters. The third-order valence-electron chi connectivity index (χ3n) is 4.68. The van der Waals surface area contributed by atoms with Gasteiger partial charge in [0.1, 0.15) is 5.82 Å². The van der Waals surface area contributed by atoms with E-state index in [0.29, 0.717) is 22.1 Å². The van der Waals surface area contributed by atoms with Crippen molar-refractivity contribution in [3.05, 3.63) is 71.5 Å². The fourth-order valence-electron chi connectivity index (χ4n) is 2.92. The Kier molecular flexibility index (Phi) is 5.76. The number of nitrogens with zero attached hydrogens (tertiary/aromatic N) is 4. The number of hydrogen-bond acceptors (Lipinski definition) is 5. The Morgan fingerprint density at radius 2 is 1.90 bits per heavy atom. The fraction of sp³-hybridized carbons (Fsp3) is 0.182. The van der Waals surface area contributed by atoms with Crippen LogP contribution in [-0.2, 0) is 11.2 Å². The van der Waals surface area contributed by atoms with Crippen LogP contribution in [-0.4, -0.2) is 31.5 Å². The van der Waals surface area contributed by atoms with E-state index in [1.54, 1.807) is 23.6 Å². The van der Waals surface area contributed by atoms with Crippen LogP contribution in [0.15, 0.2) is 59.8 Å². The van der Waals surface area contributed by atoms with Gasteiger partial charge >= 0.3 is 0 Å². The monoisotopic (exact) mass is 421 g/mol. The lowest BCUT2D eigenvalue weighted by atomic mass is 10.1. The summed E-state index contributed by atoms with van der Waals surface area (Å²) in [5.41, 5.74) is 4.62. The minimum atomic E-state index is -0.354. The molecule has 0 saturated heterocycles. The first kappa shape index (κ1) is 20.0. The van der Waals surface area contributed by atoms with Crippen LogP contribution in [0, 0.1) is 12.7 Å². The molecule has 0 bridgehead atoms. The predicted molar refractivity (Wildman–Crippen MR) is 116 cm³/mol. The highest BCUT2D eigenvalue weighted by Gasteiger charge is 2.12. The van der Waals surface area contributed by atoms with E-state index in [2.05, 4.69) is 39.7 Å². The average Bonchev–Trinajstić information content (AvgIpc) is 3.17. The molecule has 8 heteroatoms. The van der Waals surface area contributed by atoms with Gasteiger partial charge in [0.05, 0.1) is 11.4 Å². The first-order valence-electron chi connectivity index (χ1n) is 9.54. The molecule has 0 aliphatic heterocycles. The van der Waals surface area contributed by atoms with Crippen LogP contribution in [0.4, 0.5) is 10.1 Å². The van der Waals surface area contributed by atoms with Gasteiger partial charge in [-0.2, -0.15) is 9.61 Å². The lowest BCUT2D eigenvalue weighted by Crippen LogP contribution is -2.14. The Balaban J connectivity index is 1.48. The van der Waals surface area contributed by atoms with Crippen LogP contribution in [0.5, 0.6) is 0 Å². The Labute approximate surface area is 177 Å². The number of nitrogens with one attached hydrogen (secondary N) is 1. The molecule has 4 aromatic rings. The van der Waals surface area contributed by atoms with Crippen LogP contribution < -0.4 is 5.32 Å². The summed E-state index contributed by atoms with van der Waals surface area (Å²) in [5, 5.41) is 16.1. The number of benzene rings is 2. The van der Waals surface area contributed by atoms with Crippen LogP contribution in [0.3, 0.4) is 0 Å². The van der Waals surface area contributed by atoms with Gasteiger partial charge in [0.15, 0.2) is 5.65 Å². The van der Waals surface area contributed by atoms with Crippen molar-refractivity contribution < 1.29 is 9.18 Å². The quantitative estimate of drug-likeness (QED) is 0.463. The zero-order valence-corrected chi connectivity index (χ0v) is 17.4. The maximum Gasteiger partial charge on any atom is 0.234 e. The Hall–Kier alpha value is -3.26. The second kappa shape index (κ2) is 8.62. The Morgan fingerprint density at radius 1 is 1.10 bits per heavy atom. The van der Waals surface area contributed by atoms with E-state index in [0.717, 1.165) is 17.7 Å². The van der Waals surface area contributed by atoms with Crippen molar-refractivity contribution in [3.63, 3.8) is 0 Å². The van der Waals surface area contributed by atoms with Crippen LogP contribution in [0.25, 0.3) is 16.9 Å². The summed E-state index contributed by atoms with van der Waals surface area (Å²) in [6, 6.07) is 16.6. The number of aryl methyl sites for hydroxylation is 2. The molecule has 0 aliphatic carbocycles. The van der Waals surface area contributed by atoms with E-state index >= 15 is 0 Å². The van der Waals surface area contributed by atoms with Crippen LogP contribution in [0.1, 0.15) is 18.1 Å². The third kappa shape index (κ3) is 4.33. The summed E-state index contributed by atoms with van der Waals surface area (Å²) < 4.78 is 15.3. The van der Waals surface area contributed by atoms with Gasteiger partial charge in [-0.15, -0.1) is 10.2 Å². The minimum Gasteiger partial charge on any atom is -0.325 e. The number of halogens is 1. The Morgan fingerprint density at radius 3 is 2.63 bits per heavy atom. The molecule has 30 heavy (non-hydrogen) atoms. The van der Waals surface area contributed by atoms with E-state index in [1.807, 2.05) is 24.3 Å². The number of aromatic nitrogens is 4.